The zero-order chi connectivity index (χ0) is 18.3. The monoisotopic (exact) mass is 368 g/mol. The van der Waals surface area contributed by atoms with Crippen LogP contribution in [0.3, 0.4) is 0 Å². The third-order valence-electron chi connectivity index (χ3n) is 6.08. The molecular weight excluding hydrogens is 344 g/mol. The summed E-state index contributed by atoms with van der Waals surface area (Å²) in [5, 5.41) is 0. The number of benzene rings is 2. The third kappa shape index (κ3) is 2.85. The fourth-order valence-electron chi connectivity index (χ4n) is 4.05. The van der Waals surface area contributed by atoms with Crippen molar-refractivity contribution in [1.29, 1.82) is 0 Å². The van der Waals surface area contributed by atoms with E-state index in [1.807, 2.05) is 43.3 Å². The summed E-state index contributed by atoms with van der Waals surface area (Å²) in [6.45, 7) is 6.34. The van der Waals surface area contributed by atoms with Gasteiger partial charge in [0.25, 0.3) is 0 Å². The van der Waals surface area contributed by atoms with Gasteiger partial charge in [0.05, 0.1) is 18.1 Å². The van der Waals surface area contributed by atoms with Crippen molar-refractivity contribution >= 4 is 17.5 Å². The molecule has 1 fully saturated rings. The average molecular weight is 368 g/mol. The lowest BCUT2D eigenvalue weighted by Crippen LogP contribution is -2.53. The topological polar surface area (TPSA) is 35.5 Å². The Morgan fingerprint density at radius 1 is 1.12 bits per heavy atom. The van der Waals surface area contributed by atoms with Crippen molar-refractivity contribution in [1.82, 2.24) is 0 Å². The maximum atomic E-state index is 12.4. The Balaban J connectivity index is 1.74. The first-order valence-corrected chi connectivity index (χ1v) is 9.98. The first-order chi connectivity index (χ1) is 12.5. The molecule has 2 aromatic carbocycles. The Labute approximate surface area is 159 Å². The number of Topliss-reactive ketones (excluding diaryl/α,β-unsaturated/α-hetero) is 1. The molecule has 0 bridgehead atoms. The highest BCUT2D eigenvalue weighted by Crippen LogP contribution is 2.55. The Morgan fingerprint density at radius 3 is 2.54 bits per heavy atom. The summed E-state index contributed by atoms with van der Waals surface area (Å²) in [5.41, 5.74) is 0.526. The van der Waals surface area contributed by atoms with Crippen molar-refractivity contribution in [3.8, 4) is 5.75 Å². The van der Waals surface area contributed by atoms with Crippen LogP contribution in [0.2, 0.25) is 0 Å². The molecule has 2 aliphatic rings. The number of rotatable bonds is 3. The highest BCUT2D eigenvalue weighted by atomic mass is 32.2. The molecule has 136 valence electrons. The van der Waals surface area contributed by atoms with E-state index in [1.54, 1.807) is 18.7 Å². The van der Waals surface area contributed by atoms with E-state index < -0.39 is 5.41 Å². The normalized spacial score (nSPS) is 32.9. The smallest absolute Gasteiger partial charge is 0.154 e. The van der Waals surface area contributed by atoms with Crippen LogP contribution >= 0.6 is 11.8 Å². The quantitative estimate of drug-likeness (QED) is 0.754. The Morgan fingerprint density at radius 2 is 1.81 bits per heavy atom. The maximum absolute atomic E-state index is 12.4. The van der Waals surface area contributed by atoms with Crippen LogP contribution < -0.4 is 4.74 Å². The zero-order valence-electron chi connectivity index (χ0n) is 15.3. The van der Waals surface area contributed by atoms with Gasteiger partial charge in [0.15, 0.2) is 5.44 Å². The number of para-hydroxylation sites is 1. The van der Waals surface area contributed by atoms with E-state index in [0.717, 1.165) is 16.2 Å². The predicted octanol–water partition coefficient (Wildman–Crippen LogP) is 5.12. The van der Waals surface area contributed by atoms with E-state index in [2.05, 4.69) is 25.1 Å². The minimum absolute atomic E-state index is 0.0383. The summed E-state index contributed by atoms with van der Waals surface area (Å²) in [5.74, 6) is 1.35. The molecular formula is C22H24O3S. The molecule has 0 spiro atoms. The highest BCUT2D eigenvalue weighted by molar-refractivity contribution is 7.99. The molecule has 0 aromatic heterocycles. The van der Waals surface area contributed by atoms with Gasteiger partial charge in [0.1, 0.15) is 11.5 Å². The van der Waals surface area contributed by atoms with E-state index in [1.165, 1.54) is 0 Å². The first kappa shape index (κ1) is 17.6. The van der Waals surface area contributed by atoms with Gasteiger partial charge in [0.2, 0.25) is 0 Å². The summed E-state index contributed by atoms with van der Waals surface area (Å²) >= 11 is 1.72. The predicted molar refractivity (Wildman–Crippen MR) is 103 cm³/mol. The molecule has 2 aromatic rings. The number of carbonyl (C=O) groups excluding carboxylic acids is 1. The van der Waals surface area contributed by atoms with E-state index in [-0.39, 0.29) is 29.2 Å². The number of fused-ring (bicyclic) bond motifs is 3. The van der Waals surface area contributed by atoms with Crippen molar-refractivity contribution in [3.63, 3.8) is 0 Å². The lowest BCUT2D eigenvalue weighted by molar-refractivity contribution is -0.168. The van der Waals surface area contributed by atoms with E-state index >= 15 is 0 Å². The number of ether oxygens (including phenoxy) is 2. The van der Waals surface area contributed by atoms with Gasteiger partial charge in [-0.05, 0) is 31.0 Å². The fraction of sp³-hybridized carbons (Fsp3) is 0.409. The Hall–Kier alpha value is -1.78. The molecule has 0 amide bonds. The number of thioether (sulfide) groups is 1. The standard InChI is InChI=1S/C22H24O3S/c1-14-19-20(24-13-22(14,3)15(2)23)17-11-7-8-12-18(17)25-21(19)26-16-9-5-4-6-10-16/h4-12,14,19-21H,13H2,1-3H3/t14?,19-,20+,21?,22?/m0/s1. The molecule has 2 aliphatic heterocycles. The van der Waals surface area contributed by atoms with Crippen LogP contribution in [0.1, 0.15) is 32.4 Å². The molecule has 0 N–H and O–H groups in total. The molecule has 26 heavy (non-hydrogen) atoms. The van der Waals surface area contributed by atoms with E-state index in [9.17, 15) is 4.79 Å². The molecule has 3 nitrogen and oxygen atoms in total. The van der Waals surface area contributed by atoms with Gasteiger partial charge in [-0.25, -0.2) is 0 Å². The van der Waals surface area contributed by atoms with Gasteiger partial charge in [0, 0.05) is 16.4 Å². The molecule has 3 unspecified atom stereocenters. The molecule has 4 rings (SSSR count). The van der Waals surface area contributed by atoms with Crippen LogP contribution in [-0.2, 0) is 9.53 Å². The summed E-state index contributed by atoms with van der Waals surface area (Å²) < 4.78 is 12.7. The first-order valence-electron chi connectivity index (χ1n) is 9.10. The molecule has 1 saturated heterocycles. The van der Waals surface area contributed by atoms with Crippen molar-refractivity contribution in [3.05, 3.63) is 60.2 Å². The molecule has 0 aliphatic carbocycles. The second-order valence-corrected chi connectivity index (χ2v) is 8.70. The van der Waals surface area contributed by atoms with Crippen LogP contribution in [0.15, 0.2) is 59.5 Å². The van der Waals surface area contributed by atoms with Gasteiger partial charge in [-0.2, -0.15) is 0 Å². The van der Waals surface area contributed by atoms with Gasteiger partial charge < -0.3 is 9.47 Å². The van der Waals surface area contributed by atoms with Crippen LogP contribution in [0.25, 0.3) is 0 Å². The minimum atomic E-state index is -0.480. The highest BCUT2D eigenvalue weighted by Gasteiger charge is 2.54. The Kier molecular flexibility index (Phi) is 4.57. The third-order valence-corrected chi connectivity index (χ3v) is 7.26. The zero-order valence-corrected chi connectivity index (χ0v) is 16.2. The van der Waals surface area contributed by atoms with Crippen molar-refractivity contribution < 1.29 is 14.3 Å². The second kappa shape index (κ2) is 6.75. The van der Waals surface area contributed by atoms with Crippen LogP contribution in [0.5, 0.6) is 5.75 Å². The summed E-state index contributed by atoms with van der Waals surface area (Å²) in [6, 6.07) is 18.4. The van der Waals surface area contributed by atoms with Crippen LogP contribution in [0.4, 0.5) is 0 Å². The summed E-state index contributed by atoms with van der Waals surface area (Å²) in [7, 11) is 0. The second-order valence-electron chi connectivity index (χ2n) is 7.53. The minimum Gasteiger partial charge on any atom is -0.479 e. The Bertz CT molecular complexity index is 806. The molecule has 0 saturated carbocycles. The number of hydrogen-bond donors (Lipinski definition) is 0. The summed E-state index contributed by atoms with van der Waals surface area (Å²) in [4.78, 5) is 13.6. The van der Waals surface area contributed by atoms with Crippen molar-refractivity contribution in [2.75, 3.05) is 6.61 Å². The van der Waals surface area contributed by atoms with Gasteiger partial charge in [-0.3, -0.25) is 4.79 Å². The SMILES string of the molecule is CC(=O)C1(C)CO[C@@H]2c3ccccc3OC(Sc3ccccc3)[C@H]2C1C. The van der Waals surface area contributed by atoms with Gasteiger partial charge in [-0.1, -0.05) is 62.0 Å². The van der Waals surface area contributed by atoms with E-state index in [4.69, 9.17) is 9.47 Å². The number of ketones is 1. The maximum Gasteiger partial charge on any atom is 0.154 e. The average Bonchev–Trinajstić information content (AvgIpc) is 2.65. The number of carbonyl (C=O) groups is 1. The van der Waals surface area contributed by atoms with Crippen molar-refractivity contribution in [2.45, 2.75) is 37.2 Å². The van der Waals surface area contributed by atoms with Gasteiger partial charge >= 0.3 is 0 Å². The molecule has 4 heteroatoms. The van der Waals surface area contributed by atoms with Crippen molar-refractivity contribution in [2.24, 2.45) is 17.3 Å². The largest absolute Gasteiger partial charge is 0.479 e. The van der Waals surface area contributed by atoms with Crippen LogP contribution in [0, 0.1) is 17.3 Å². The molecule has 5 atom stereocenters. The summed E-state index contributed by atoms with van der Waals surface area (Å²) in [6.07, 6.45) is -0.0383. The molecule has 2 heterocycles. The van der Waals surface area contributed by atoms with Gasteiger partial charge in [-0.15, -0.1) is 0 Å². The number of hydrogen-bond acceptors (Lipinski definition) is 4. The van der Waals surface area contributed by atoms with Crippen LogP contribution in [-0.4, -0.2) is 17.8 Å². The van der Waals surface area contributed by atoms with E-state index in [0.29, 0.717) is 6.61 Å². The fourth-order valence-corrected chi connectivity index (χ4v) is 5.32. The molecule has 0 radical (unpaired) electrons. The lowest BCUT2D eigenvalue weighted by Gasteiger charge is -2.51. The lowest BCUT2D eigenvalue weighted by atomic mass is 9.65.